The van der Waals surface area contributed by atoms with Gasteiger partial charge in [-0.2, -0.15) is 0 Å². The first-order chi connectivity index (χ1) is 20.8. The van der Waals surface area contributed by atoms with Gasteiger partial charge in [0.2, 0.25) is 11.8 Å². The van der Waals surface area contributed by atoms with Crippen molar-refractivity contribution >= 4 is 47.0 Å². The van der Waals surface area contributed by atoms with Crippen molar-refractivity contribution in [1.29, 1.82) is 0 Å². The number of fused-ring (bicyclic) bond motifs is 1. The minimum absolute atomic E-state index is 0.00916. The van der Waals surface area contributed by atoms with Crippen LogP contribution in [-0.4, -0.2) is 51.7 Å². The fourth-order valence-corrected chi connectivity index (χ4v) is 5.75. The molecule has 3 aliphatic rings. The Kier molecular flexibility index (Phi) is 7.41. The van der Waals surface area contributed by atoms with Gasteiger partial charge in [-0.15, -0.1) is 0 Å². The highest BCUT2D eigenvalue weighted by Gasteiger charge is 2.40. The molecule has 2 atom stereocenters. The maximum Gasteiger partial charge on any atom is 0.255 e. The van der Waals surface area contributed by atoms with Crippen LogP contribution in [-0.2, 0) is 20.9 Å². The molecule has 10 heteroatoms. The lowest BCUT2D eigenvalue weighted by Crippen LogP contribution is -2.52. The number of rotatable bonds is 6. The Labute approximate surface area is 247 Å². The van der Waals surface area contributed by atoms with E-state index in [2.05, 4.69) is 15.6 Å². The number of imide groups is 1. The van der Waals surface area contributed by atoms with Crippen LogP contribution in [0.5, 0.6) is 0 Å². The van der Waals surface area contributed by atoms with E-state index in [1.54, 1.807) is 42.5 Å². The van der Waals surface area contributed by atoms with Crippen LogP contribution in [0.15, 0.2) is 89.1 Å². The lowest BCUT2D eigenvalue weighted by atomic mass is 9.83. The number of nitrogens with zero attached hydrogens (tertiary/aromatic N) is 2. The lowest BCUT2D eigenvalue weighted by molar-refractivity contribution is -0.137. The van der Waals surface area contributed by atoms with Gasteiger partial charge in [0.1, 0.15) is 11.8 Å². The number of allylic oxidation sites excluding steroid dienone is 2. The number of benzene rings is 3. The molecule has 2 heterocycles. The van der Waals surface area contributed by atoms with Gasteiger partial charge in [-0.05, 0) is 54.3 Å². The Morgan fingerprint density at radius 2 is 1.72 bits per heavy atom. The molecule has 3 N–H and O–H groups in total. The first-order valence-corrected chi connectivity index (χ1v) is 14.0. The zero-order chi connectivity index (χ0) is 30.1. The van der Waals surface area contributed by atoms with Crippen molar-refractivity contribution < 1.29 is 29.1 Å². The Hall–Kier alpha value is -5.38. The number of aliphatic hydroxyl groups is 1. The molecule has 0 radical (unpaired) electrons. The first-order valence-electron chi connectivity index (χ1n) is 14.0. The molecule has 6 rings (SSSR count). The molecule has 3 aromatic carbocycles. The van der Waals surface area contributed by atoms with Gasteiger partial charge in [0.15, 0.2) is 5.78 Å². The number of carbonyl (C=O) groups excluding carboxylic acids is 5. The molecular weight excluding hydrogens is 548 g/mol. The van der Waals surface area contributed by atoms with Gasteiger partial charge in [0.05, 0.1) is 11.3 Å². The minimum Gasteiger partial charge on any atom is -0.511 e. The van der Waals surface area contributed by atoms with Crippen molar-refractivity contribution in [2.24, 2.45) is 4.99 Å². The van der Waals surface area contributed by atoms with Gasteiger partial charge in [-0.1, -0.05) is 36.4 Å². The SMILES string of the molecule is O=C1CCC(N2Cc3c(NC(=O)c4ccc(N=CC5=C(O)CC(c6ccccc6)CC5=O)cc4)cccc3C2=O)C(=O)N1. The summed E-state index contributed by atoms with van der Waals surface area (Å²) in [6.45, 7) is 0.137. The Bertz CT molecular complexity index is 1710. The second kappa shape index (κ2) is 11.5. The second-order valence-electron chi connectivity index (χ2n) is 10.8. The zero-order valence-corrected chi connectivity index (χ0v) is 23.1. The van der Waals surface area contributed by atoms with E-state index in [0.29, 0.717) is 34.5 Å². The van der Waals surface area contributed by atoms with Gasteiger partial charge in [0.25, 0.3) is 11.8 Å². The van der Waals surface area contributed by atoms with Crippen LogP contribution in [0.1, 0.15) is 63.4 Å². The highest BCUT2D eigenvalue weighted by atomic mass is 16.3. The molecule has 10 nitrogen and oxygen atoms in total. The number of anilines is 1. The fraction of sp³-hybridized carbons (Fsp3) is 0.212. The third-order valence-electron chi connectivity index (χ3n) is 8.06. The van der Waals surface area contributed by atoms with E-state index >= 15 is 0 Å². The third kappa shape index (κ3) is 5.59. The summed E-state index contributed by atoms with van der Waals surface area (Å²) < 4.78 is 0. The van der Waals surface area contributed by atoms with Gasteiger partial charge >= 0.3 is 0 Å². The molecule has 1 saturated heterocycles. The molecule has 3 aromatic rings. The molecule has 4 amide bonds. The topological polar surface area (TPSA) is 145 Å². The highest BCUT2D eigenvalue weighted by Crippen LogP contribution is 2.34. The largest absolute Gasteiger partial charge is 0.511 e. The number of hydrogen-bond donors (Lipinski definition) is 3. The molecule has 0 bridgehead atoms. The molecular formula is C33H28N4O6. The summed E-state index contributed by atoms with van der Waals surface area (Å²) in [7, 11) is 0. The number of carbonyl (C=O) groups is 5. The molecule has 0 saturated carbocycles. The highest BCUT2D eigenvalue weighted by molar-refractivity contribution is 6.15. The van der Waals surface area contributed by atoms with Crippen LogP contribution < -0.4 is 10.6 Å². The number of aliphatic hydroxyl groups excluding tert-OH is 1. The molecule has 216 valence electrons. The molecule has 2 aliphatic heterocycles. The quantitative estimate of drug-likeness (QED) is 0.294. The summed E-state index contributed by atoms with van der Waals surface area (Å²) in [6.07, 6.45) is 2.42. The standard InChI is InChI=1S/C33H28N4O6/c38-28-15-21(19-5-2-1-3-6-19)16-29(39)24(28)17-34-22-11-9-20(10-12-22)31(41)35-26-8-4-7-23-25(26)18-37(33(23)43)27-13-14-30(40)36-32(27)42/h1-12,17,21,27,38H,13-16,18H2,(H,35,41)(H,36,40,42). The Morgan fingerprint density at radius 1 is 0.953 bits per heavy atom. The van der Waals surface area contributed by atoms with Crippen LogP contribution >= 0.6 is 0 Å². The summed E-state index contributed by atoms with van der Waals surface area (Å²) in [5.74, 6) is -1.82. The van der Waals surface area contributed by atoms with Crippen molar-refractivity contribution in [3.05, 3.63) is 106 Å². The number of hydrogen-bond acceptors (Lipinski definition) is 7. The minimum atomic E-state index is -0.749. The van der Waals surface area contributed by atoms with Crippen LogP contribution in [0.4, 0.5) is 11.4 Å². The second-order valence-corrected chi connectivity index (χ2v) is 10.8. The number of ketones is 1. The van der Waals surface area contributed by atoms with E-state index in [1.807, 2.05) is 30.3 Å². The van der Waals surface area contributed by atoms with Gasteiger partial charge in [-0.25, -0.2) is 0 Å². The lowest BCUT2D eigenvalue weighted by Gasteiger charge is -2.29. The number of nitrogens with one attached hydrogen (secondary N) is 2. The summed E-state index contributed by atoms with van der Waals surface area (Å²) in [5.41, 5.74) is 3.51. The van der Waals surface area contributed by atoms with Gasteiger partial charge in [0, 0.05) is 54.4 Å². The summed E-state index contributed by atoms with van der Waals surface area (Å²) >= 11 is 0. The Balaban J connectivity index is 1.12. The average Bonchev–Trinajstić information content (AvgIpc) is 3.34. The van der Waals surface area contributed by atoms with Crippen molar-refractivity contribution in [1.82, 2.24) is 10.2 Å². The molecule has 0 spiro atoms. The smallest absolute Gasteiger partial charge is 0.255 e. The number of Topliss-reactive ketones (excluding diaryl/α,β-unsaturated/α-hetero) is 1. The monoisotopic (exact) mass is 576 g/mol. The van der Waals surface area contributed by atoms with Crippen LogP contribution in [0.3, 0.4) is 0 Å². The molecule has 1 fully saturated rings. The van der Waals surface area contributed by atoms with E-state index in [1.165, 1.54) is 11.1 Å². The fourth-order valence-electron chi connectivity index (χ4n) is 5.75. The third-order valence-corrected chi connectivity index (χ3v) is 8.06. The van der Waals surface area contributed by atoms with E-state index in [4.69, 9.17) is 0 Å². The first kappa shape index (κ1) is 27.8. The van der Waals surface area contributed by atoms with Gasteiger partial charge in [-0.3, -0.25) is 34.3 Å². The van der Waals surface area contributed by atoms with Crippen molar-refractivity contribution in [2.75, 3.05) is 5.32 Å². The van der Waals surface area contributed by atoms with Crippen LogP contribution in [0, 0.1) is 0 Å². The van der Waals surface area contributed by atoms with Crippen molar-refractivity contribution in [3.63, 3.8) is 0 Å². The maximum atomic E-state index is 13.1. The maximum absolute atomic E-state index is 13.1. The Morgan fingerprint density at radius 3 is 2.44 bits per heavy atom. The summed E-state index contributed by atoms with van der Waals surface area (Å²) in [6, 6.07) is 20.3. The molecule has 2 unspecified atom stereocenters. The average molecular weight is 577 g/mol. The number of piperidine rings is 1. The normalized spacial score (nSPS) is 20.4. The van der Waals surface area contributed by atoms with Crippen molar-refractivity contribution in [3.8, 4) is 0 Å². The molecule has 1 aliphatic carbocycles. The molecule has 43 heavy (non-hydrogen) atoms. The van der Waals surface area contributed by atoms with Crippen molar-refractivity contribution in [2.45, 2.75) is 44.2 Å². The van der Waals surface area contributed by atoms with E-state index in [9.17, 15) is 29.1 Å². The van der Waals surface area contributed by atoms with E-state index in [0.717, 1.165) is 5.56 Å². The molecule has 0 aromatic heterocycles. The predicted octanol–water partition coefficient (Wildman–Crippen LogP) is 4.36. The van der Waals surface area contributed by atoms with E-state index < -0.39 is 17.9 Å². The summed E-state index contributed by atoms with van der Waals surface area (Å²) in [5, 5.41) is 15.7. The van der Waals surface area contributed by atoms with E-state index in [-0.39, 0.29) is 60.7 Å². The van der Waals surface area contributed by atoms with Crippen LogP contribution in [0.25, 0.3) is 0 Å². The van der Waals surface area contributed by atoms with Gasteiger partial charge < -0.3 is 15.3 Å². The zero-order valence-electron chi connectivity index (χ0n) is 23.1. The number of aliphatic imine (C=N–C) groups is 1. The number of amides is 4. The predicted molar refractivity (Wildman–Crippen MR) is 158 cm³/mol. The summed E-state index contributed by atoms with van der Waals surface area (Å²) in [4.78, 5) is 68.6. The van der Waals surface area contributed by atoms with Crippen LogP contribution in [0.2, 0.25) is 0 Å².